The Bertz CT molecular complexity index is 545. The molecule has 23 heavy (non-hydrogen) atoms. The first-order chi connectivity index (χ1) is 10.5. The van der Waals surface area contributed by atoms with Crippen LogP contribution in [0.3, 0.4) is 0 Å². The third-order valence-electron chi connectivity index (χ3n) is 3.58. The fourth-order valence-corrected chi connectivity index (χ4v) is 3.26. The van der Waals surface area contributed by atoms with Crippen LogP contribution in [-0.2, 0) is 14.3 Å². The predicted octanol–water partition coefficient (Wildman–Crippen LogP) is -2.05. The monoisotopic (exact) mass is 348 g/mol. The maximum Gasteiger partial charge on any atom is 0.272 e. The standard InChI is InChI=1S/C13H20N2O7S/c1-12(2,3)9(20)14-11-15-10(21)13(23-11)8(19)7(18)6(17)5(4-16)22-13/h5-8,16-19H,4H2,1-3H3,(H,14,15,20,21)/t5-,6-,7+,8-,13-/m1/s1. The summed E-state index contributed by atoms with van der Waals surface area (Å²) in [6.45, 7) is 4.31. The number of carbonyl (C=O) groups excluding carboxylic acids is 2. The highest BCUT2D eigenvalue weighted by Crippen LogP contribution is 2.43. The van der Waals surface area contributed by atoms with Crippen LogP contribution in [0.5, 0.6) is 0 Å². The molecule has 0 aromatic carbocycles. The number of amidine groups is 1. The number of aliphatic hydroxyl groups is 4. The molecule has 0 radical (unpaired) electrons. The molecule has 0 aliphatic carbocycles. The van der Waals surface area contributed by atoms with Crippen LogP contribution in [0.2, 0.25) is 0 Å². The molecule has 5 N–H and O–H groups in total. The van der Waals surface area contributed by atoms with Gasteiger partial charge in [-0.3, -0.25) is 9.59 Å². The Morgan fingerprint density at radius 2 is 1.96 bits per heavy atom. The second kappa shape index (κ2) is 6.11. The van der Waals surface area contributed by atoms with Crippen LogP contribution in [0.4, 0.5) is 0 Å². The maximum absolute atomic E-state index is 12.2. The van der Waals surface area contributed by atoms with Gasteiger partial charge in [-0.15, -0.1) is 0 Å². The normalized spacial score (nSPS) is 39.8. The van der Waals surface area contributed by atoms with Gasteiger partial charge in [0.1, 0.15) is 24.4 Å². The summed E-state index contributed by atoms with van der Waals surface area (Å²) in [5.41, 5.74) is -0.760. The largest absolute Gasteiger partial charge is 0.394 e. The summed E-state index contributed by atoms with van der Waals surface area (Å²) in [6, 6.07) is 0. The minimum Gasteiger partial charge on any atom is -0.394 e. The van der Waals surface area contributed by atoms with Crippen LogP contribution in [0.25, 0.3) is 0 Å². The van der Waals surface area contributed by atoms with Crippen LogP contribution in [-0.4, -0.2) is 73.4 Å². The summed E-state index contributed by atoms with van der Waals surface area (Å²) in [4.78, 5) is 26.0. The molecule has 0 aromatic rings. The van der Waals surface area contributed by atoms with Crippen molar-refractivity contribution in [3.05, 3.63) is 0 Å². The lowest BCUT2D eigenvalue weighted by molar-refractivity contribution is -0.236. The minimum atomic E-state index is -1.98. The number of nitrogens with one attached hydrogen (secondary N) is 1. The number of carbonyl (C=O) groups is 2. The number of ether oxygens (including phenoxy) is 1. The Kier molecular flexibility index (Phi) is 4.86. The highest BCUT2D eigenvalue weighted by Gasteiger charge is 2.62. The second-order valence-corrected chi connectivity index (χ2v) is 7.66. The molecule has 2 fully saturated rings. The third-order valence-corrected chi connectivity index (χ3v) is 4.79. The van der Waals surface area contributed by atoms with E-state index < -0.39 is 53.2 Å². The Hall–Kier alpha value is -1.04. The van der Waals surface area contributed by atoms with Crippen LogP contribution >= 0.6 is 11.8 Å². The van der Waals surface area contributed by atoms with Crippen molar-refractivity contribution in [1.29, 1.82) is 0 Å². The van der Waals surface area contributed by atoms with Crippen molar-refractivity contribution >= 4 is 28.7 Å². The average Bonchev–Trinajstić information content (AvgIpc) is 2.76. The summed E-state index contributed by atoms with van der Waals surface area (Å²) in [6.07, 6.45) is -6.27. The molecule has 10 heteroatoms. The van der Waals surface area contributed by atoms with Gasteiger partial charge < -0.3 is 30.5 Å². The van der Waals surface area contributed by atoms with Crippen LogP contribution in [0, 0.1) is 5.41 Å². The molecule has 2 amide bonds. The van der Waals surface area contributed by atoms with Crippen LogP contribution < -0.4 is 5.32 Å². The lowest BCUT2D eigenvalue weighted by Gasteiger charge is -2.43. The van der Waals surface area contributed by atoms with Gasteiger partial charge in [-0.1, -0.05) is 20.8 Å². The number of amides is 2. The zero-order valence-electron chi connectivity index (χ0n) is 12.9. The fourth-order valence-electron chi connectivity index (χ4n) is 2.12. The van der Waals surface area contributed by atoms with E-state index in [0.717, 1.165) is 0 Å². The van der Waals surface area contributed by atoms with E-state index >= 15 is 0 Å². The minimum absolute atomic E-state index is 0.0748. The molecule has 2 rings (SSSR count). The Morgan fingerprint density at radius 1 is 1.35 bits per heavy atom. The highest BCUT2D eigenvalue weighted by atomic mass is 32.2. The first-order valence-electron chi connectivity index (χ1n) is 6.99. The number of thioether (sulfide) groups is 1. The van der Waals surface area contributed by atoms with Gasteiger partial charge in [0, 0.05) is 5.41 Å². The van der Waals surface area contributed by atoms with Crippen molar-refractivity contribution in [2.45, 2.75) is 50.1 Å². The molecule has 5 atom stereocenters. The fraction of sp³-hybridized carbons (Fsp3) is 0.769. The average molecular weight is 348 g/mol. The third kappa shape index (κ3) is 3.14. The van der Waals surface area contributed by atoms with Gasteiger partial charge in [0.2, 0.25) is 4.93 Å². The van der Waals surface area contributed by atoms with E-state index in [9.17, 15) is 30.0 Å². The van der Waals surface area contributed by atoms with Crippen molar-refractivity contribution in [1.82, 2.24) is 5.32 Å². The zero-order valence-corrected chi connectivity index (χ0v) is 13.7. The molecule has 1 spiro atoms. The molecular weight excluding hydrogens is 328 g/mol. The number of aliphatic imine (C=N–C) groups is 1. The van der Waals surface area contributed by atoms with Crippen LogP contribution in [0.15, 0.2) is 4.99 Å². The van der Waals surface area contributed by atoms with Gasteiger partial charge in [-0.2, -0.15) is 4.99 Å². The molecule has 130 valence electrons. The summed E-state index contributed by atoms with van der Waals surface area (Å²) < 4.78 is 5.34. The first kappa shape index (κ1) is 18.3. The second-order valence-electron chi connectivity index (χ2n) is 6.46. The highest BCUT2D eigenvalue weighted by molar-refractivity contribution is 8.16. The number of hydrogen-bond donors (Lipinski definition) is 5. The lowest BCUT2D eigenvalue weighted by atomic mass is 9.94. The van der Waals surface area contributed by atoms with Crippen molar-refractivity contribution in [3.8, 4) is 0 Å². The number of hydrogen-bond acceptors (Lipinski definition) is 8. The SMILES string of the molecule is CC(C)(C)C(=O)N=C1NC(=O)[C@]2(O[C@H](CO)[C@@H](O)[C@H](O)[C@H]2O)S1. The molecule has 0 saturated carbocycles. The molecule has 0 bridgehead atoms. The lowest BCUT2D eigenvalue weighted by Crippen LogP contribution is -2.66. The number of nitrogens with zero attached hydrogens (tertiary/aromatic N) is 1. The van der Waals surface area contributed by atoms with E-state index in [1.807, 2.05) is 0 Å². The van der Waals surface area contributed by atoms with E-state index in [0.29, 0.717) is 11.8 Å². The Labute approximate surface area is 136 Å². The van der Waals surface area contributed by atoms with E-state index in [-0.39, 0.29) is 5.17 Å². The van der Waals surface area contributed by atoms with E-state index in [4.69, 9.17) is 4.74 Å². The van der Waals surface area contributed by atoms with Crippen molar-refractivity contribution in [3.63, 3.8) is 0 Å². The van der Waals surface area contributed by atoms with E-state index in [1.165, 1.54) is 0 Å². The summed E-state index contributed by atoms with van der Waals surface area (Å²) in [5.74, 6) is -1.30. The van der Waals surface area contributed by atoms with Gasteiger partial charge in [-0.25, -0.2) is 0 Å². The molecular formula is C13H20N2O7S. The maximum atomic E-state index is 12.2. The summed E-state index contributed by atoms with van der Waals surface area (Å²) >= 11 is 0.634. The van der Waals surface area contributed by atoms with E-state index in [1.54, 1.807) is 20.8 Å². The quantitative estimate of drug-likeness (QED) is 0.363. The molecule has 2 aliphatic heterocycles. The van der Waals surface area contributed by atoms with Crippen LogP contribution in [0.1, 0.15) is 20.8 Å². The molecule has 2 heterocycles. The van der Waals surface area contributed by atoms with Crippen molar-refractivity contribution in [2.24, 2.45) is 10.4 Å². The van der Waals surface area contributed by atoms with Crippen molar-refractivity contribution in [2.75, 3.05) is 6.61 Å². The Balaban J connectivity index is 2.31. The van der Waals surface area contributed by atoms with Gasteiger partial charge in [0.05, 0.1) is 6.61 Å². The predicted molar refractivity (Wildman–Crippen MR) is 80.3 cm³/mol. The number of aliphatic hydroxyl groups excluding tert-OH is 4. The smallest absolute Gasteiger partial charge is 0.272 e. The zero-order chi connectivity index (χ0) is 17.6. The van der Waals surface area contributed by atoms with Gasteiger partial charge in [0.25, 0.3) is 11.8 Å². The first-order valence-corrected chi connectivity index (χ1v) is 7.81. The molecule has 0 aromatic heterocycles. The molecule has 9 nitrogen and oxygen atoms in total. The molecule has 2 saturated heterocycles. The van der Waals surface area contributed by atoms with Crippen molar-refractivity contribution < 1.29 is 34.8 Å². The molecule has 2 aliphatic rings. The van der Waals surface area contributed by atoms with Gasteiger partial charge in [0.15, 0.2) is 5.17 Å². The number of rotatable bonds is 1. The molecule has 0 unspecified atom stereocenters. The van der Waals surface area contributed by atoms with Gasteiger partial charge in [-0.05, 0) is 11.8 Å². The van der Waals surface area contributed by atoms with E-state index in [2.05, 4.69) is 10.3 Å². The summed E-state index contributed by atoms with van der Waals surface area (Å²) in [7, 11) is 0. The van der Waals surface area contributed by atoms with Gasteiger partial charge >= 0.3 is 0 Å². The topological polar surface area (TPSA) is 149 Å². The summed E-state index contributed by atoms with van der Waals surface area (Å²) in [5, 5.41) is 41.2. The Morgan fingerprint density at radius 3 is 2.48 bits per heavy atom.